The molecule has 0 aliphatic carbocycles. The number of rotatable bonds is 3. The fourth-order valence-electron chi connectivity index (χ4n) is 2.57. The number of carbonyl (C=O) groups is 2. The van der Waals surface area contributed by atoms with Crippen LogP contribution < -0.4 is 5.32 Å². The summed E-state index contributed by atoms with van der Waals surface area (Å²) in [4.78, 5) is 25.4. The molecular weight excluding hydrogens is 292 g/mol. The van der Waals surface area contributed by atoms with Crippen molar-refractivity contribution < 1.29 is 14.7 Å². The van der Waals surface area contributed by atoms with Crippen molar-refractivity contribution in [3.8, 4) is 0 Å². The quantitative estimate of drug-likeness (QED) is 0.902. The number of hydrogen-bond acceptors (Lipinski definition) is 2. The Balaban J connectivity index is 2.12. The molecule has 1 aromatic rings. The number of piperidine rings is 1. The average Bonchev–Trinajstić information content (AvgIpc) is 2.45. The van der Waals surface area contributed by atoms with Crippen molar-refractivity contribution in [2.75, 3.05) is 13.1 Å². The predicted molar refractivity (Wildman–Crippen MR) is 80.3 cm³/mol. The van der Waals surface area contributed by atoms with Crippen molar-refractivity contribution in [2.24, 2.45) is 5.92 Å². The zero-order chi connectivity index (χ0) is 15.4. The molecule has 6 heteroatoms. The molecule has 1 saturated heterocycles. The van der Waals surface area contributed by atoms with E-state index < -0.39 is 12.0 Å². The Kier molecular flexibility index (Phi) is 5.07. The van der Waals surface area contributed by atoms with Crippen LogP contribution in [0.2, 0.25) is 5.02 Å². The zero-order valence-corrected chi connectivity index (χ0v) is 12.6. The van der Waals surface area contributed by atoms with Crippen molar-refractivity contribution >= 4 is 23.6 Å². The van der Waals surface area contributed by atoms with Crippen molar-refractivity contribution in [1.29, 1.82) is 0 Å². The summed E-state index contributed by atoms with van der Waals surface area (Å²) < 4.78 is 0. The van der Waals surface area contributed by atoms with E-state index in [0.717, 1.165) is 12.8 Å². The molecular formula is C15H19ClN2O3. The van der Waals surface area contributed by atoms with E-state index in [4.69, 9.17) is 11.6 Å². The number of carboxylic acids is 1. The summed E-state index contributed by atoms with van der Waals surface area (Å²) in [5, 5.41) is 12.3. The highest BCUT2D eigenvalue weighted by atomic mass is 35.5. The maximum atomic E-state index is 12.3. The fraction of sp³-hybridized carbons (Fsp3) is 0.467. The van der Waals surface area contributed by atoms with Gasteiger partial charge in [0.05, 0.1) is 0 Å². The maximum absolute atomic E-state index is 12.3. The van der Waals surface area contributed by atoms with E-state index in [-0.39, 0.29) is 6.03 Å². The first-order chi connectivity index (χ1) is 9.99. The molecule has 2 N–H and O–H groups in total. The van der Waals surface area contributed by atoms with Gasteiger partial charge in [0.1, 0.15) is 0 Å². The molecule has 1 heterocycles. The van der Waals surface area contributed by atoms with Crippen LogP contribution in [0.25, 0.3) is 0 Å². The minimum absolute atomic E-state index is 0.331. The zero-order valence-electron chi connectivity index (χ0n) is 11.9. The monoisotopic (exact) mass is 310 g/mol. The predicted octanol–water partition coefficient (Wildman–Crippen LogP) is 2.91. The number of hydrogen-bond donors (Lipinski definition) is 2. The van der Waals surface area contributed by atoms with E-state index in [1.807, 2.05) is 0 Å². The summed E-state index contributed by atoms with van der Waals surface area (Å²) in [7, 11) is 0. The number of carbonyl (C=O) groups excluding carboxylic acids is 1. The highest BCUT2D eigenvalue weighted by Gasteiger charge is 2.28. The van der Waals surface area contributed by atoms with Gasteiger partial charge in [-0.05, 0) is 24.8 Å². The van der Waals surface area contributed by atoms with Crippen LogP contribution in [0, 0.1) is 5.92 Å². The van der Waals surface area contributed by atoms with Crippen molar-refractivity contribution in [3.05, 3.63) is 34.9 Å². The van der Waals surface area contributed by atoms with E-state index in [9.17, 15) is 14.7 Å². The SMILES string of the molecule is CC1CCCN(C(=O)N[C@@H](C(=O)O)c2ccccc2Cl)C1. The fourth-order valence-corrected chi connectivity index (χ4v) is 2.82. The van der Waals surface area contributed by atoms with Crippen molar-refractivity contribution in [2.45, 2.75) is 25.8 Å². The molecule has 0 saturated carbocycles. The third-order valence-electron chi connectivity index (χ3n) is 3.68. The van der Waals surface area contributed by atoms with Gasteiger partial charge in [0.15, 0.2) is 6.04 Å². The highest BCUT2D eigenvalue weighted by Crippen LogP contribution is 2.23. The third kappa shape index (κ3) is 3.88. The number of aliphatic carboxylic acids is 1. The highest BCUT2D eigenvalue weighted by molar-refractivity contribution is 6.31. The Hall–Kier alpha value is -1.75. The molecule has 1 aliphatic heterocycles. The number of halogens is 1. The summed E-state index contributed by atoms with van der Waals surface area (Å²) in [6.45, 7) is 3.40. The van der Waals surface area contributed by atoms with Crippen LogP contribution in [0.15, 0.2) is 24.3 Å². The molecule has 1 fully saturated rings. The van der Waals surface area contributed by atoms with E-state index in [1.165, 1.54) is 0 Å². The molecule has 5 nitrogen and oxygen atoms in total. The van der Waals surface area contributed by atoms with Gasteiger partial charge >= 0.3 is 12.0 Å². The number of benzene rings is 1. The Bertz CT molecular complexity index is 535. The van der Waals surface area contributed by atoms with Crippen LogP contribution in [0.4, 0.5) is 4.79 Å². The molecule has 0 spiro atoms. The number of likely N-dealkylation sites (tertiary alicyclic amines) is 1. The lowest BCUT2D eigenvalue weighted by Gasteiger charge is -2.32. The molecule has 2 rings (SSSR count). The Morgan fingerprint density at radius 2 is 2.14 bits per heavy atom. The first-order valence-corrected chi connectivity index (χ1v) is 7.39. The second kappa shape index (κ2) is 6.80. The Morgan fingerprint density at radius 3 is 2.76 bits per heavy atom. The van der Waals surface area contributed by atoms with Crippen molar-refractivity contribution in [1.82, 2.24) is 10.2 Å². The minimum atomic E-state index is -1.14. The molecule has 0 aromatic heterocycles. The summed E-state index contributed by atoms with van der Waals surface area (Å²) in [5.74, 6) is -0.686. The molecule has 2 amide bonds. The van der Waals surface area contributed by atoms with Gasteiger partial charge in [-0.3, -0.25) is 0 Å². The van der Waals surface area contributed by atoms with Crippen LogP contribution in [0.5, 0.6) is 0 Å². The molecule has 21 heavy (non-hydrogen) atoms. The summed E-state index contributed by atoms with van der Waals surface area (Å²) in [5.41, 5.74) is 0.394. The smallest absolute Gasteiger partial charge is 0.331 e. The Labute approximate surface area is 128 Å². The topological polar surface area (TPSA) is 69.6 Å². The molecule has 0 bridgehead atoms. The van der Waals surface area contributed by atoms with Gasteiger partial charge in [0, 0.05) is 23.7 Å². The first kappa shape index (κ1) is 15.6. The summed E-state index contributed by atoms with van der Waals surface area (Å²) in [6.07, 6.45) is 2.04. The maximum Gasteiger partial charge on any atom is 0.331 e. The number of urea groups is 1. The van der Waals surface area contributed by atoms with Crippen molar-refractivity contribution in [3.63, 3.8) is 0 Å². The molecule has 1 aliphatic rings. The summed E-state index contributed by atoms with van der Waals surface area (Å²) >= 11 is 6.03. The second-order valence-electron chi connectivity index (χ2n) is 5.44. The van der Waals surface area contributed by atoms with Crippen LogP contribution >= 0.6 is 11.6 Å². The van der Waals surface area contributed by atoms with Crippen LogP contribution in [0.3, 0.4) is 0 Å². The van der Waals surface area contributed by atoms with E-state index in [0.29, 0.717) is 29.6 Å². The van der Waals surface area contributed by atoms with E-state index in [2.05, 4.69) is 12.2 Å². The van der Waals surface area contributed by atoms with Gasteiger partial charge in [-0.1, -0.05) is 36.7 Å². The summed E-state index contributed by atoms with van der Waals surface area (Å²) in [6, 6.07) is 5.16. The van der Waals surface area contributed by atoms with Gasteiger partial charge in [-0.15, -0.1) is 0 Å². The largest absolute Gasteiger partial charge is 0.479 e. The standard InChI is InChI=1S/C15H19ClN2O3/c1-10-5-4-8-18(9-10)15(21)17-13(14(19)20)11-6-2-3-7-12(11)16/h2-3,6-7,10,13H,4-5,8-9H2,1H3,(H,17,21)(H,19,20)/t10?,13-/m1/s1. The van der Waals surface area contributed by atoms with E-state index in [1.54, 1.807) is 29.2 Å². The normalized spacial score (nSPS) is 19.9. The van der Waals surface area contributed by atoms with Gasteiger partial charge in [-0.25, -0.2) is 9.59 Å². The number of amides is 2. The molecule has 1 unspecified atom stereocenters. The lowest BCUT2D eigenvalue weighted by molar-refractivity contribution is -0.139. The third-order valence-corrected chi connectivity index (χ3v) is 4.02. The lowest BCUT2D eigenvalue weighted by atomic mass is 10.0. The number of nitrogens with one attached hydrogen (secondary N) is 1. The average molecular weight is 311 g/mol. The molecule has 2 atom stereocenters. The van der Waals surface area contributed by atoms with E-state index >= 15 is 0 Å². The first-order valence-electron chi connectivity index (χ1n) is 7.01. The minimum Gasteiger partial charge on any atom is -0.479 e. The van der Waals surface area contributed by atoms with Gasteiger partial charge in [0.25, 0.3) is 0 Å². The van der Waals surface area contributed by atoms with Crippen LogP contribution in [-0.4, -0.2) is 35.1 Å². The number of nitrogens with zero attached hydrogens (tertiary/aromatic N) is 1. The second-order valence-corrected chi connectivity index (χ2v) is 5.84. The van der Waals surface area contributed by atoms with Crippen LogP contribution in [-0.2, 0) is 4.79 Å². The van der Waals surface area contributed by atoms with Gasteiger partial charge in [-0.2, -0.15) is 0 Å². The molecule has 0 radical (unpaired) electrons. The van der Waals surface area contributed by atoms with Gasteiger partial charge < -0.3 is 15.3 Å². The van der Waals surface area contributed by atoms with Gasteiger partial charge in [0.2, 0.25) is 0 Å². The lowest BCUT2D eigenvalue weighted by Crippen LogP contribution is -2.47. The number of carboxylic acid groups (broad SMARTS) is 1. The molecule has 1 aromatic carbocycles. The van der Waals surface area contributed by atoms with Crippen LogP contribution in [0.1, 0.15) is 31.4 Å². The molecule has 114 valence electrons. The Morgan fingerprint density at radius 1 is 1.43 bits per heavy atom.